The van der Waals surface area contributed by atoms with Crippen LogP contribution in [0.3, 0.4) is 0 Å². The van der Waals surface area contributed by atoms with Crippen molar-refractivity contribution in [3.8, 4) is 11.4 Å². The van der Waals surface area contributed by atoms with Gasteiger partial charge in [0.2, 0.25) is 0 Å². The number of para-hydroxylation sites is 2. The number of nitrogens with one attached hydrogen (secondary N) is 2. The molecule has 0 saturated carbocycles. The average molecular weight is 349 g/mol. The van der Waals surface area contributed by atoms with Gasteiger partial charge in [-0.25, -0.2) is 4.98 Å². The lowest BCUT2D eigenvalue weighted by Crippen LogP contribution is -2.36. The Balaban J connectivity index is 1.64. The summed E-state index contributed by atoms with van der Waals surface area (Å²) in [6, 6.07) is 16.2. The van der Waals surface area contributed by atoms with E-state index in [0.29, 0.717) is 13.1 Å². The van der Waals surface area contributed by atoms with Crippen LogP contribution in [0.4, 0.5) is 0 Å². The topological polar surface area (TPSA) is 63.5 Å². The Bertz CT molecular complexity index is 858. The molecule has 0 bridgehead atoms. The molecule has 0 unspecified atom stereocenters. The molecule has 0 aliphatic carbocycles. The van der Waals surface area contributed by atoms with Gasteiger partial charge in [-0.2, -0.15) is 0 Å². The van der Waals surface area contributed by atoms with E-state index in [4.69, 9.17) is 4.74 Å². The highest BCUT2D eigenvalue weighted by molar-refractivity contribution is 5.79. The minimum Gasteiger partial charge on any atom is -0.496 e. The van der Waals surface area contributed by atoms with Gasteiger partial charge in [0.15, 0.2) is 5.96 Å². The van der Waals surface area contributed by atoms with Gasteiger partial charge in [-0.15, -0.1) is 0 Å². The molecule has 0 aliphatic heterocycles. The van der Waals surface area contributed by atoms with E-state index >= 15 is 0 Å². The largest absolute Gasteiger partial charge is 0.496 e. The number of hydrogen-bond acceptors (Lipinski definition) is 3. The van der Waals surface area contributed by atoms with Gasteiger partial charge in [0, 0.05) is 38.1 Å². The smallest absolute Gasteiger partial charge is 0.191 e. The lowest BCUT2D eigenvalue weighted by atomic mass is 10.1. The van der Waals surface area contributed by atoms with Crippen LogP contribution in [0.15, 0.2) is 72.2 Å². The fourth-order valence-corrected chi connectivity index (χ4v) is 2.74. The van der Waals surface area contributed by atoms with Crippen molar-refractivity contribution < 1.29 is 4.74 Å². The van der Waals surface area contributed by atoms with E-state index in [1.165, 1.54) is 0 Å². The molecule has 1 heterocycles. The molecule has 1 aromatic heterocycles. The number of rotatable bonds is 6. The number of aromatic nitrogens is 2. The van der Waals surface area contributed by atoms with Crippen LogP contribution in [0.25, 0.3) is 5.69 Å². The zero-order valence-electron chi connectivity index (χ0n) is 15.0. The molecule has 0 amide bonds. The summed E-state index contributed by atoms with van der Waals surface area (Å²) >= 11 is 0. The SMILES string of the molecule is CN=C(NCc1ccccc1OC)NCc1ccccc1-n1ccnc1. The van der Waals surface area contributed by atoms with Gasteiger partial charge in [0.05, 0.1) is 19.1 Å². The van der Waals surface area contributed by atoms with Gasteiger partial charge < -0.3 is 19.9 Å². The average Bonchev–Trinajstić information content (AvgIpc) is 3.23. The molecule has 3 rings (SSSR count). The van der Waals surface area contributed by atoms with E-state index in [-0.39, 0.29) is 0 Å². The second kappa shape index (κ2) is 8.71. The van der Waals surface area contributed by atoms with Gasteiger partial charge in [0.1, 0.15) is 5.75 Å². The quantitative estimate of drug-likeness (QED) is 0.531. The maximum atomic E-state index is 5.39. The van der Waals surface area contributed by atoms with Crippen LogP contribution in [-0.2, 0) is 13.1 Å². The fourth-order valence-electron chi connectivity index (χ4n) is 2.74. The molecule has 0 spiro atoms. The van der Waals surface area contributed by atoms with Crippen molar-refractivity contribution in [3.63, 3.8) is 0 Å². The third-order valence-corrected chi connectivity index (χ3v) is 4.08. The summed E-state index contributed by atoms with van der Waals surface area (Å²) in [5, 5.41) is 6.68. The van der Waals surface area contributed by atoms with Crippen LogP contribution in [-0.4, -0.2) is 29.7 Å². The van der Waals surface area contributed by atoms with Crippen molar-refractivity contribution in [2.75, 3.05) is 14.2 Å². The first-order chi connectivity index (χ1) is 12.8. The Labute approximate surface area is 153 Å². The normalized spacial score (nSPS) is 11.2. The third kappa shape index (κ3) is 4.22. The van der Waals surface area contributed by atoms with E-state index in [2.05, 4.69) is 32.7 Å². The summed E-state index contributed by atoms with van der Waals surface area (Å²) < 4.78 is 7.39. The highest BCUT2D eigenvalue weighted by Crippen LogP contribution is 2.17. The molecule has 134 valence electrons. The predicted octanol–water partition coefficient (Wildman–Crippen LogP) is 2.75. The van der Waals surface area contributed by atoms with E-state index in [1.807, 2.05) is 47.2 Å². The maximum Gasteiger partial charge on any atom is 0.191 e. The van der Waals surface area contributed by atoms with E-state index in [1.54, 1.807) is 26.7 Å². The molecular weight excluding hydrogens is 326 g/mol. The molecule has 0 atom stereocenters. The first-order valence-electron chi connectivity index (χ1n) is 8.44. The summed E-state index contributed by atoms with van der Waals surface area (Å²) in [4.78, 5) is 8.43. The second-order valence-electron chi connectivity index (χ2n) is 5.69. The highest BCUT2D eigenvalue weighted by Gasteiger charge is 2.06. The van der Waals surface area contributed by atoms with Crippen LogP contribution in [0, 0.1) is 0 Å². The van der Waals surface area contributed by atoms with E-state index in [9.17, 15) is 0 Å². The lowest BCUT2D eigenvalue weighted by molar-refractivity contribution is 0.409. The Morgan fingerprint density at radius 1 is 1.04 bits per heavy atom. The number of ether oxygens (including phenoxy) is 1. The summed E-state index contributed by atoms with van der Waals surface area (Å²) in [5.74, 6) is 1.59. The molecule has 0 radical (unpaired) electrons. The van der Waals surface area contributed by atoms with Crippen molar-refractivity contribution in [1.29, 1.82) is 0 Å². The number of hydrogen-bond donors (Lipinski definition) is 2. The molecular formula is C20H23N5O. The zero-order valence-corrected chi connectivity index (χ0v) is 15.0. The first-order valence-corrected chi connectivity index (χ1v) is 8.44. The Morgan fingerprint density at radius 2 is 1.73 bits per heavy atom. The van der Waals surface area contributed by atoms with Crippen molar-refractivity contribution in [1.82, 2.24) is 20.2 Å². The predicted molar refractivity (Wildman–Crippen MR) is 104 cm³/mol. The summed E-state index contributed by atoms with van der Waals surface area (Å²) in [6.45, 7) is 1.28. The number of aliphatic imine (C=N–C) groups is 1. The van der Waals surface area contributed by atoms with Gasteiger partial charge in [-0.3, -0.25) is 4.99 Å². The molecule has 0 fully saturated rings. The Morgan fingerprint density at radius 3 is 2.42 bits per heavy atom. The van der Waals surface area contributed by atoms with Crippen LogP contribution >= 0.6 is 0 Å². The van der Waals surface area contributed by atoms with Crippen LogP contribution in [0.5, 0.6) is 5.75 Å². The van der Waals surface area contributed by atoms with Gasteiger partial charge in [-0.05, 0) is 17.7 Å². The van der Waals surface area contributed by atoms with Crippen molar-refractivity contribution >= 4 is 5.96 Å². The number of methoxy groups -OCH3 is 1. The molecule has 2 aromatic carbocycles. The molecule has 26 heavy (non-hydrogen) atoms. The van der Waals surface area contributed by atoms with Crippen molar-refractivity contribution in [2.45, 2.75) is 13.1 Å². The monoisotopic (exact) mass is 349 g/mol. The third-order valence-electron chi connectivity index (χ3n) is 4.08. The van der Waals surface area contributed by atoms with Crippen molar-refractivity contribution in [2.24, 2.45) is 4.99 Å². The van der Waals surface area contributed by atoms with E-state index in [0.717, 1.165) is 28.5 Å². The van der Waals surface area contributed by atoms with Crippen molar-refractivity contribution in [3.05, 3.63) is 78.4 Å². The minimum absolute atomic E-state index is 0.632. The van der Waals surface area contributed by atoms with E-state index < -0.39 is 0 Å². The van der Waals surface area contributed by atoms with Crippen LogP contribution in [0.2, 0.25) is 0 Å². The minimum atomic E-state index is 0.632. The van der Waals surface area contributed by atoms with Gasteiger partial charge in [-0.1, -0.05) is 36.4 Å². The molecule has 3 aromatic rings. The highest BCUT2D eigenvalue weighted by atomic mass is 16.5. The molecule has 0 saturated heterocycles. The van der Waals surface area contributed by atoms with Gasteiger partial charge >= 0.3 is 0 Å². The molecule has 6 nitrogen and oxygen atoms in total. The zero-order chi connectivity index (χ0) is 18.2. The fraction of sp³-hybridized carbons (Fsp3) is 0.200. The maximum absolute atomic E-state index is 5.39. The van der Waals surface area contributed by atoms with Crippen LogP contribution < -0.4 is 15.4 Å². The number of guanidine groups is 1. The Hall–Kier alpha value is -3.28. The standard InChI is InChI=1S/C20H23N5O/c1-21-20(24-14-17-8-4-6-10-19(17)26-2)23-13-16-7-3-5-9-18(16)25-12-11-22-15-25/h3-12,15H,13-14H2,1-2H3,(H2,21,23,24). The first kappa shape index (κ1) is 17.5. The molecule has 2 N–H and O–H groups in total. The number of imidazole rings is 1. The lowest BCUT2D eigenvalue weighted by Gasteiger charge is -2.15. The summed E-state index contributed by atoms with van der Waals surface area (Å²) in [7, 11) is 3.44. The number of nitrogens with zero attached hydrogens (tertiary/aromatic N) is 3. The van der Waals surface area contributed by atoms with Crippen LogP contribution in [0.1, 0.15) is 11.1 Å². The summed E-state index contributed by atoms with van der Waals surface area (Å²) in [6.07, 6.45) is 5.51. The molecule has 0 aliphatic rings. The van der Waals surface area contributed by atoms with Gasteiger partial charge in [0.25, 0.3) is 0 Å². The number of benzene rings is 2. The summed E-state index contributed by atoms with van der Waals surface area (Å²) in [5.41, 5.74) is 3.33. The second-order valence-corrected chi connectivity index (χ2v) is 5.69. The molecule has 6 heteroatoms. The Kier molecular flexibility index (Phi) is 5.88.